The Labute approximate surface area is 132 Å². The van der Waals surface area contributed by atoms with Gasteiger partial charge in [-0.2, -0.15) is 0 Å². The van der Waals surface area contributed by atoms with E-state index in [1.807, 2.05) is 0 Å². The zero-order valence-electron chi connectivity index (χ0n) is 11.4. The second-order valence-corrected chi connectivity index (χ2v) is 6.05. The van der Waals surface area contributed by atoms with Crippen molar-refractivity contribution >= 4 is 41.2 Å². The number of amides is 1. The van der Waals surface area contributed by atoms with Crippen molar-refractivity contribution in [3.63, 3.8) is 0 Å². The van der Waals surface area contributed by atoms with E-state index in [4.69, 9.17) is 23.2 Å². The van der Waals surface area contributed by atoms with Gasteiger partial charge in [0.2, 0.25) is 5.91 Å². The summed E-state index contributed by atoms with van der Waals surface area (Å²) in [6.07, 6.45) is 4.35. The smallest absolute Gasteiger partial charge is 0.329 e. The summed E-state index contributed by atoms with van der Waals surface area (Å²) >= 11 is 12.0. The lowest BCUT2D eigenvalue weighted by Gasteiger charge is -2.25. The molecular formula is C15H15Cl2NO3. The van der Waals surface area contributed by atoms with Gasteiger partial charge in [0, 0.05) is 21.7 Å². The molecule has 1 aromatic carbocycles. The summed E-state index contributed by atoms with van der Waals surface area (Å²) in [6.45, 7) is 1.53. The summed E-state index contributed by atoms with van der Waals surface area (Å²) in [7, 11) is 0. The van der Waals surface area contributed by atoms with Crippen molar-refractivity contribution in [3.05, 3.63) is 39.9 Å². The molecule has 0 aromatic heterocycles. The van der Waals surface area contributed by atoms with Crippen LogP contribution in [0.5, 0.6) is 0 Å². The molecule has 0 spiro atoms. The Morgan fingerprint density at radius 1 is 1.33 bits per heavy atom. The van der Waals surface area contributed by atoms with Crippen LogP contribution in [0.15, 0.2) is 24.3 Å². The summed E-state index contributed by atoms with van der Waals surface area (Å²) in [4.78, 5) is 23.3. The third-order valence-corrected chi connectivity index (χ3v) is 4.28. The Hall–Kier alpha value is -1.52. The Morgan fingerprint density at radius 3 is 2.38 bits per heavy atom. The van der Waals surface area contributed by atoms with Gasteiger partial charge in [0.05, 0.1) is 0 Å². The molecular weight excluding hydrogens is 313 g/mol. The highest BCUT2D eigenvalue weighted by atomic mass is 35.5. The molecule has 1 aromatic rings. The predicted molar refractivity (Wildman–Crippen MR) is 82.4 cm³/mol. The van der Waals surface area contributed by atoms with Crippen molar-refractivity contribution in [1.82, 2.24) is 5.32 Å². The molecule has 0 radical (unpaired) electrons. The highest BCUT2D eigenvalue weighted by molar-refractivity contribution is 6.37. The monoisotopic (exact) mass is 327 g/mol. The molecule has 0 bridgehead atoms. The van der Waals surface area contributed by atoms with Crippen LogP contribution in [0.1, 0.15) is 25.3 Å². The second kappa shape index (κ2) is 6.08. The Morgan fingerprint density at radius 2 is 1.90 bits per heavy atom. The lowest BCUT2D eigenvalue weighted by Crippen LogP contribution is -2.53. The van der Waals surface area contributed by atoms with Crippen molar-refractivity contribution in [1.29, 1.82) is 0 Å². The van der Waals surface area contributed by atoms with Crippen LogP contribution in [-0.2, 0) is 9.59 Å². The number of nitrogens with one attached hydrogen (secondary N) is 1. The first-order chi connectivity index (χ1) is 9.84. The fourth-order valence-corrected chi connectivity index (χ4v) is 2.64. The molecule has 1 aliphatic rings. The molecule has 0 saturated heterocycles. The molecule has 1 saturated carbocycles. The van der Waals surface area contributed by atoms with E-state index in [1.54, 1.807) is 18.2 Å². The Balaban J connectivity index is 2.11. The summed E-state index contributed by atoms with van der Waals surface area (Å²) < 4.78 is 0. The van der Waals surface area contributed by atoms with Crippen LogP contribution < -0.4 is 5.32 Å². The van der Waals surface area contributed by atoms with E-state index in [0.717, 1.165) is 12.8 Å². The SMILES string of the molecule is CC(NC(=O)/C=C/c1c(Cl)cccc1Cl)(C(=O)O)C1CC1. The van der Waals surface area contributed by atoms with Crippen LogP contribution in [0.4, 0.5) is 0 Å². The largest absolute Gasteiger partial charge is 0.480 e. The van der Waals surface area contributed by atoms with E-state index in [-0.39, 0.29) is 5.92 Å². The number of carboxylic acids is 1. The molecule has 1 atom stereocenters. The van der Waals surface area contributed by atoms with Gasteiger partial charge in [0.15, 0.2) is 0 Å². The van der Waals surface area contributed by atoms with Gasteiger partial charge in [0.25, 0.3) is 0 Å². The zero-order chi connectivity index (χ0) is 15.6. The van der Waals surface area contributed by atoms with Crippen LogP contribution in [0.2, 0.25) is 10.0 Å². The highest BCUT2D eigenvalue weighted by Gasteiger charge is 2.48. The second-order valence-electron chi connectivity index (χ2n) is 5.24. The topological polar surface area (TPSA) is 66.4 Å². The van der Waals surface area contributed by atoms with Gasteiger partial charge in [-0.15, -0.1) is 0 Å². The number of carbonyl (C=O) groups excluding carboxylic acids is 1. The number of hydrogen-bond donors (Lipinski definition) is 2. The van der Waals surface area contributed by atoms with Crippen molar-refractivity contribution in [2.45, 2.75) is 25.3 Å². The average molecular weight is 328 g/mol. The van der Waals surface area contributed by atoms with E-state index in [9.17, 15) is 14.7 Å². The van der Waals surface area contributed by atoms with Gasteiger partial charge in [-0.1, -0.05) is 29.3 Å². The molecule has 21 heavy (non-hydrogen) atoms. The van der Waals surface area contributed by atoms with Gasteiger partial charge in [0.1, 0.15) is 5.54 Å². The predicted octanol–water partition coefficient (Wildman–Crippen LogP) is 3.38. The minimum absolute atomic E-state index is 0.0174. The van der Waals surface area contributed by atoms with Crippen LogP contribution in [-0.4, -0.2) is 22.5 Å². The fourth-order valence-electron chi connectivity index (χ4n) is 2.12. The third-order valence-electron chi connectivity index (χ3n) is 3.62. The number of benzene rings is 1. The van der Waals surface area contributed by atoms with Crippen LogP contribution in [0, 0.1) is 5.92 Å². The number of rotatable bonds is 5. The molecule has 2 rings (SSSR count). The van der Waals surface area contributed by atoms with Crippen LogP contribution in [0.3, 0.4) is 0 Å². The van der Waals surface area contributed by atoms with E-state index in [1.165, 1.54) is 19.1 Å². The lowest BCUT2D eigenvalue weighted by atomic mass is 9.96. The van der Waals surface area contributed by atoms with Gasteiger partial charge >= 0.3 is 5.97 Å². The maximum absolute atomic E-state index is 11.9. The minimum Gasteiger partial charge on any atom is -0.480 e. The molecule has 1 amide bonds. The quantitative estimate of drug-likeness (QED) is 0.815. The van der Waals surface area contributed by atoms with Gasteiger partial charge in [-0.25, -0.2) is 4.79 Å². The molecule has 1 aliphatic carbocycles. The van der Waals surface area contributed by atoms with Gasteiger partial charge < -0.3 is 10.4 Å². The van der Waals surface area contributed by atoms with E-state index in [0.29, 0.717) is 15.6 Å². The molecule has 1 fully saturated rings. The van der Waals surface area contributed by atoms with Crippen LogP contribution >= 0.6 is 23.2 Å². The molecule has 6 heteroatoms. The highest BCUT2D eigenvalue weighted by Crippen LogP contribution is 2.39. The molecule has 4 nitrogen and oxygen atoms in total. The van der Waals surface area contributed by atoms with Crippen molar-refractivity contribution in [2.24, 2.45) is 5.92 Å². The Kier molecular flexibility index (Phi) is 4.59. The van der Waals surface area contributed by atoms with Crippen molar-refractivity contribution in [2.75, 3.05) is 0 Å². The van der Waals surface area contributed by atoms with E-state index >= 15 is 0 Å². The first-order valence-electron chi connectivity index (χ1n) is 6.52. The number of hydrogen-bond acceptors (Lipinski definition) is 2. The average Bonchev–Trinajstić information content (AvgIpc) is 3.22. The summed E-state index contributed by atoms with van der Waals surface area (Å²) in [6, 6.07) is 5.03. The third kappa shape index (κ3) is 3.57. The standard InChI is InChI=1S/C15H15Cl2NO3/c1-15(14(20)21,9-5-6-9)18-13(19)8-7-10-11(16)3-2-4-12(10)17/h2-4,7-9H,5-6H2,1H3,(H,18,19)(H,20,21)/b8-7+. The number of carbonyl (C=O) groups is 2. The fraction of sp³-hybridized carbons (Fsp3) is 0.333. The maximum atomic E-state index is 11.9. The van der Waals surface area contributed by atoms with Crippen molar-refractivity contribution < 1.29 is 14.7 Å². The number of carboxylic acid groups (broad SMARTS) is 1. The van der Waals surface area contributed by atoms with E-state index < -0.39 is 17.4 Å². The summed E-state index contributed by atoms with van der Waals surface area (Å²) in [5.41, 5.74) is -0.703. The zero-order valence-corrected chi connectivity index (χ0v) is 12.9. The van der Waals surface area contributed by atoms with Crippen LogP contribution in [0.25, 0.3) is 6.08 Å². The maximum Gasteiger partial charge on any atom is 0.329 e. The van der Waals surface area contributed by atoms with Gasteiger partial charge in [-0.05, 0) is 43.9 Å². The van der Waals surface area contributed by atoms with E-state index in [2.05, 4.69) is 5.32 Å². The summed E-state index contributed by atoms with van der Waals surface area (Å²) in [5.74, 6) is -1.53. The number of halogens is 2. The van der Waals surface area contributed by atoms with Crippen molar-refractivity contribution in [3.8, 4) is 0 Å². The summed E-state index contributed by atoms with van der Waals surface area (Å²) in [5, 5.41) is 12.7. The first-order valence-corrected chi connectivity index (χ1v) is 7.28. The Bertz CT molecular complexity index is 591. The normalized spacial score (nSPS) is 17.5. The molecule has 0 heterocycles. The van der Waals surface area contributed by atoms with Gasteiger partial charge in [-0.3, -0.25) is 4.79 Å². The molecule has 112 valence electrons. The molecule has 2 N–H and O–H groups in total. The lowest BCUT2D eigenvalue weighted by molar-refractivity contribution is -0.147. The molecule has 1 unspecified atom stereocenters. The number of aliphatic carboxylic acids is 1. The minimum atomic E-state index is -1.23. The molecule has 0 aliphatic heterocycles. The first kappa shape index (κ1) is 15.9.